The highest BCUT2D eigenvalue weighted by Crippen LogP contribution is 2.24. The van der Waals surface area contributed by atoms with Crippen molar-refractivity contribution in [2.24, 2.45) is 0 Å². The molecule has 2 heteroatoms. The minimum absolute atomic E-state index is 0.272. The summed E-state index contributed by atoms with van der Waals surface area (Å²) in [5.74, 6) is 0.871. The van der Waals surface area contributed by atoms with Gasteiger partial charge in [0, 0.05) is 0 Å². The zero-order chi connectivity index (χ0) is 14.7. The van der Waals surface area contributed by atoms with Gasteiger partial charge in [-0.3, -0.25) is 0 Å². The summed E-state index contributed by atoms with van der Waals surface area (Å²) in [6.07, 6.45) is -0.603. The minimum Gasteiger partial charge on any atom is -0.490 e. The number of hydrogen-bond acceptors (Lipinski definition) is 2. The van der Waals surface area contributed by atoms with Crippen LogP contribution in [0.3, 0.4) is 0 Å². The van der Waals surface area contributed by atoms with E-state index in [1.165, 1.54) is 11.1 Å². The van der Waals surface area contributed by atoms with Crippen molar-refractivity contribution in [1.82, 2.24) is 0 Å². The van der Waals surface area contributed by atoms with E-state index in [4.69, 9.17) is 4.74 Å². The van der Waals surface area contributed by atoms with Crippen LogP contribution in [0.5, 0.6) is 5.75 Å². The standard InChI is InChI=1S/C18H22O2/c1-12-8-9-16(10-15(12)4)17(19)11-20-18-13(2)6-5-7-14(18)3/h5-10,17,19H,11H2,1-4H3. The molecule has 2 aromatic carbocycles. The Balaban J connectivity index is 2.08. The molecular weight excluding hydrogens is 248 g/mol. The zero-order valence-corrected chi connectivity index (χ0v) is 12.6. The molecule has 0 aliphatic carbocycles. The third-order valence-corrected chi connectivity index (χ3v) is 3.71. The first-order valence-corrected chi connectivity index (χ1v) is 6.93. The first-order valence-electron chi connectivity index (χ1n) is 6.93. The highest BCUT2D eigenvalue weighted by Gasteiger charge is 2.11. The second kappa shape index (κ2) is 6.10. The molecule has 2 rings (SSSR count). The summed E-state index contributed by atoms with van der Waals surface area (Å²) in [5.41, 5.74) is 5.51. The Morgan fingerprint density at radius 3 is 2.15 bits per heavy atom. The lowest BCUT2D eigenvalue weighted by Gasteiger charge is -2.16. The van der Waals surface area contributed by atoms with Gasteiger partial charge in [-0.1, -0.05) is 36.4 Å². The molecule has 0 aliphatic heterocycles. The van der Waals surface area contributed by atoms with Crippen LogP contribution < -0.4 is 4.74 Å². The van der Waals surface area contributed by atoms with Crippen molar-refractivity contribution in [3.63, 3.8) is 0 Å². The Morgan fingerprint density at radius 1 is 0.900 bits per heavy atom. The van der Waals surface area contributed by atoms with Gasteiger partial charge in [0.25, 0.3) is 0 Å². The molecule has 106 valence electrons. The zero-order valence-electron chi connectivity index (χ0n) is 12.6. The van der Waals surface area contributed by atoms with Crippen molar-refractivity contribution < 1.29 is 9.84 Å². The van der Waals surface area contributed by atoms with Gasteiger partial charge in [0.15, 0.2) is 0 Å². The predicted octanol–water partition coefficient (Wildman–Crippen LogP) is 4.03. The fourth-order valence-corrected chi connectivity index (χ4v) is 2.26. The molecule has 2 nitrogen and oxygen atoms in total. The van der Waals surface area contributed by atoms with Gasteiger partial charge in [-0.2, -0.15) is 0 Å². The Labute approximate surface area is 121 Å². The third kappa shape index (κ3) is 3.20. The van der Waals surface area contributed by atoms with Crippen LogP contribution in [0.25, 0.3) is 0 Å². The summed E-state index contributed by atoms with van der Waals surface area (Å²) in [6.45, 7) is 8.43. The number of hydrogen-bond donors (Lipinski definition) is 1. The smallest absolute Gasteiger partial charge is 0.125 e. The number of aliphatic hydroxyl groups is 1. The molecule has 0 aliphatic rings. The lowest BCUT2D eigenvalue weighted by atomic mass is 10.0. The van der Waals surface area contributed by atoms with Crippen molar-refractivity contribution in [3.05, 3.63) is 64.2 Å². The summed E-state index contributed by atoms with van der Waals surface area (Å²) >= 11 is 0. The number of rotatable bonds is 4. The van der Waals surface area contributed by atoms with Gasteiger partial charge in [0.1, 0.15) is 18.5 Å². The SMILES string of the molecule is Cc1ccc(C(O)COc2c(C)cccc2C)cc1C. The van der Waals surface area contributed by atoms with E-state index in [1.807, 2.05) is 50.2 Å². The minimum atomic E-state index is -0.603. The van der Waals surface area contributed by atoms with Crippen LogP contribution in [-0.2, 0) is 0 Å². The molecule has 20 heavy (non-hydrogen) atoms. The molecule has 0 radical (unpaired) electrons. The van der Waals surface area contributed by atoms with Crippen molar-refractivity contribution in [3.8, 4) is 5.75 Å². The second-order valence-electron chi connectivity index (χ2n) is 5.39. The van der Waals surface area contributed by atoms with Crippen LogP contribution in [0.15, 0.2) is 36.4 Å². The van der Waals surface area contributed by atoms with Gasteiger partial charge in [-0.25, -0.2) is 0 Å². The Hall–Kier alpha value is -1.80. The van der Waals surface area contributed by atoms with Gasteiger partial charge in [0.2, 0.25) is 0 Å². The number of ether oxygens (including phenoxy) is 1. The molecule has 0 heterocycles. The molecule has 1 atom stereocenters. The molecule has 1 unspecified atom stereocenters. The van der Waals surface area contributed by atoms with Crippen LogP contribution in [0, 0.1) is 27.7 Å². The Bertz CT molecular complexity index is 582. The second-order valence-corrected chi connectivity index (χ2v) is 5.39. The average molecular weight is 270 g/mol. The largest absolute Gasteiger partial charge is 0.490 e. The molecule has 0 amide bonds. The summed E-state index contributed by atoms with van der Waals surface area (Å²) in [6, 6.07) is 12.1. The first-order chi connectivity index (χ1) is 9.49. The molecule has 0 saturated heterocycles. The maximum atomic E-state index is 10.3. The van der Waals surface area contributed by atoms with E-state index in [-0.39, 0.29) is 6.61 Å². The summed E-state index contributed by atoms with van der Waals surface area (Å²) in [4.78, 5) is 0. The lowest BCUT2D eigenvalue weighted by Crippen LogP contribution is -2.11. The van der Waals surface area contributed by atoms with E-state index in [0.717, 1.165) is 22.4 Å². The topological polar surface area (TPSA) is 29.5 Å². The molecule has 0 saturated carbocycles. The van der Waals surface area contributed by atoms with Crippen molar-refractivity contribution in [1.29, 1.82) is 0 Å². The number of aliphatic hydroxyl groups excluding tert-OH is 1. The number of benzene rings is 2. The van der Waals surface area contributed by atoms with Gasteiger partial charge in [-0.15, -0.1) is 0 Å². The fraction of sp³-hybridized carbons (Fsp3) is 0.333. The number of aryl methyl sites for hydroxylation is 4. The van der Waals surface area contributed by atoms with E-state index in [1.54, 1.807) is 0 Å². The van der Waals surface area contributed by atoms with Crippen LogP contribution >= 0.6 is 0 Å². The van der Waals surface area contributed by atoms with E-state index in [9.17, 15) is 5.11 Å². The van der Waals surface area contributed by atoms with Crippen molar-refractivity contribution in [2.75, 3.05) is 6.61 Å². The highest BCUT2D eigenvalue weighted by molar-refractivity contribution is 5.40. The van der Waals surface area contributed by atoms with E-state index >= 15 is 0 Å². The average Bonchev–Trinajstić information content (AvgIpc) is 2.41. The molecular formula is C18H22O2. The van der Waals surface area contributed by atoms with Crippen molar-refractivity contribution >= 4 is 0 Å². The molecule has 0 aromatic heterocycles. The fourth-order valence-electron chi connectivity index (χ4n) is 2.26. The first kappa shape index (κ1) is 14.6. The molecule has 0 spiro atoms. The Morgan fingerprint density at radius 2 is 1.55 bits per heavy atom. The van der Waals surface area contributed by atoms with Gasteiger partial charge in [-0.05, 0) is 55.5 Å². The predicted molar refractivity (Wildman–Crippen MR) is 82.3 cm³/mol. The molecule has 2 aromatic rings. The summed E-state index contributed by atoms with van der Waals surface area (Å²) < 4.78 is 5.80. The normalized spacial score (nSPS) is 12.2. The molecule has 0 bridgehead atoms. The van der Waals surface area contributed by atoms with E-state index < -0.39 is 6.10 Å². The monoisotopic (exact) mass is 270 g/mol. The lowest BCUT2D eigenvalue weighted by molar-refractivity contribution is 0.107. The van der Waals surface area contributed by atoms with Gasteiger partial charge in [0.05, 0.1) is 0 Å². The van der Waals surface area contributed by atoms with Crippen LogP contribution in [0.1, 0.15) is 33.9 Å². The number of para-hydroxylation sites is 1. The molecule has 1 N–H and O–H groups in total. The highest BCUT2D eigenvalue weighted by atomic mass is 16.5. The van der Waals surface area contributed by atoms with Gasteiger partial charge < -0.3 is 9.84 Å². The quantitative estimate of drug-likeness (QED) is 0.908. The Kier molecular flexibility index (Phi) is 4.46. The van der Waals surface area contributed by atoms with Crippen LogP contribution in [0.2, 0.25) is 0 Å². The summed E-state index contributed by atoms with van der Waals surface area (Å²) in [5, 5.41) is 10.3. The third-order valence-electron chi connectivity index (χ3n) is 3.71. The van der Waals surface area contributed by atoms with Crippen LogP contribution in [-0.4, -0.2) is 11.7 Å². The van der Waals surface area contributed by atoms with Crippen molar-refractivity contribution in [2.45, 2.75) is 33.8 Å². The van der Waals surface area contributed by atoms with Gasteiger partial charge >= 0.3 is 0 Å². The van der Waals surface area contributed by atoms with Crippen LogP contribution in [0.4, 0.5) is 0 Å². The maximum Gasteiger partial charge on any atom is 0.125 e. The summed E-state index contributed by atoms with van der Waals surface area (Å²) in [7, 11) is 0. The van der Waals surface area contributed by atoms with E-state index in [2.05, 4.69) is 13.8 Å². The molecule has 0 fully saturated rings. The maximum absolute atomic E-state index is 10.3. The van der Waals surface area contributed by atoms with E-state index in [0.29, 0.717) is 0 Å².